The summed E-state index contributed by atoms with van der Waals surface area (Å²) < 4.78 is 0. The zero-order chi connectivity index (χ0) is 17.1. The first-order chi connectivity index (χ1) is 11.5. The van der Waals surface area contributed by atoms with Gasteiger partial charge < -0.3 is 15.1 Å². The van der Waals surface area contributed by atoms with Crippen LogP contribution in [0.15, 0.2) is 24.3 Å². The zero-order valence-corrected chi connectivity index (χ0v) is 14.8. The van der Waals surface area contributed by atoms with Gasteiger partial charge in [-0.1, -0.05) is 11.6 Å². The summed E-state index contributed by atoms with van der Waals surface area (Å²) in [5, 5.41) is 3.97. The fraction of sp³-hybridized carbons (Fsp3) is 0.556. The van der Waals surface area contributed by atoms with E-state index in [0.29, 0.717) is 29.7 Å². The monoisotopic (exact) mass is 349 g/mol. The van der Waals surface area contributed by atoms with Crippen LogP contribution < -0.4 is 5.32 Å². The maximum absolute atomic E-state index is 12.8. The first kappa shape index (κ1) is 17.2. The number of benzene rings is 1. The number of nitrogens with zero attached hydrogens (tertiary/aromatic N) is 2. The van der Waals surface area contributed by atoms with Gasteiger partial charge in [0.25, 0.3) is 5.91 Å². The third kappa shape index (κ3) is 3.90. The molecule has 0 saturated carbocycles. The van der Waals surface area contributed by atoms with E-state index in [1.54, 1.807) is 29.2 Å². The molecule has 2 unspecified atom stereocenters. The average molecular weight is 350 g/mol. The lowest BCUT2D eigenvalue weighted by molar-refractivity contribution is -0.138. The fourth-order valence-electron chi connectivity index (χ4n) is 3.53. The molecule has 2 heterocycles. The van der Waals surface area contributed by atoms with Crippen LogP contribution in [0.1, 0.15) is 30.1 Å². The highest BCUT2D eigenvalue weighted by atomic mass is 35.5. The van der Waals surface area contributed by atoms with Crippen LogP contribution >= 0.6 is 11.6 Å². The number of carbonyl (C=O) groups excluding carboxylic acids is 2. The van der Waals surface area contributed by atoms with Gasteiger partial charge in [0.2, 0.25) is 5.91 Å². The molecule has 2 saturated heterocycles. The Balaban J connectivity index is 1.64. The van der Waals surface area contributed by atoms with Crippen molar-refractivity contribution in [2.75, 3.05) is 32.7 Å². The SMILES string of the molecule is CC1CN(C(=O)C2CCCN(C(=O)c3ccc(Cl)cc3)C2)CCN1. The smallest absolute Gasteiger partial charge is 0.253 e. The van der Waals surface area contributed by atoms with E-state index < -0.39 is 0 Å². The van der Waals surface area contributed by atoms with Crippen molar-refractivity contribution >= 4 is 23.4 Å². The topological polar surface area (TPSA) is 52.7 Å². The molecule has 0 bridgehead atoms. The second-order valence-electron chi connectivity index (χ2n) is 6.74. The molecule has 3 rings (SSSR count). The lowest BCUT2D eigenvalue weighted by atomic mass is 9.95. The van der Waals surface area contributed by atoms with Crippen LogP contribution in [0.2, 0.25) is 5.02 Å². The van der Waals surface area contributed by atoms with E-state index in [2.05, 4.69) is 12.2 Å². The van der Waals surface area contributed by atoms with Crippen molar-refractivity contribution in [1.82, 2.24) is 15.1 Å². The van der Waals surface area contributed by atoms with Crippen molar-refractivity contribution in [3.8, 4) is 0 Å². The van der Waals surface area contributed by atoms with Crippen LogP contribution in [0.3, 0.4) is 0 Å². The van der Waals surface area contributed by atoms with Crippen LogP contribution in [0, 0.1) is 5.92 Å². The van der Waals surface area contributed by atoms with E-state index in [-0.39, 0.29) is 17.7 Å². The Morgan fingerprint density at radius 3 is 2.58 bits per heavy atom. The highest BCUT2D eigenvalue weighted by Gasteiger charge is 2.32. The zero-order valence-electron chi connectivity index (χ0n) is 14.0. The molecule has 6 heteroatoms. The molecule has 1 aromatic carbocycles. The number of amides is 2. The number of likely N-dealkylation sites (tertiary alicyclic amines) is 1. The number of piperidine rings is 1. The standard InChI is InChI=1S/C18H24ClN3O2/c1-13-11-22(10-8-20-13)18(24)15-3-2-9-21(12-15)17(23)14-4-6-16(19)7-5-14/h4-7,13,15,20H,2-3,8-12H2,1H3. The molecule has 2 aliphatic heterocycles. The second kappa shape index (κ2) is 7.53. The summed E-state index contributed by atoms with van der Waals surface area (Å²) in [6.07, 6.45) is 1.74. The highest BCUT2D eigenvalue weighted by Crippen LogP contribution is 2.22. The van der Waals surface area contributed by atoms with Gasteiger partial charge in [-0.15, -0.1) is 0 Å². The number of halogens is 1. The van der Waals surface area contributed by atoms with Crippen molar-refractivity contribution < 1.29 is 9.59 Å². The Labute approximate surface area is 147 Å². The fourth-order valence-corrected chi connectivity index (χ4v) is 3.65. The maximum atomic E-state index is 12.8. The summed E-state index contributed by atoms with van der Waals surface area (Å²) in [5.41, 5.74) is 0.628. The van der Waals surface area contributed by atoms with Gasteiger partial charge >= 0.3 is 0 Å². The van der Waals surface area contributed by atoms with Gasteiger partial charge in [0.05, 0.1) is 5.92 Å². The van der Waals surface area contributed by atoms with Crippen LogP contribution in [0.25, 0.3) is 0 Å². The average Bonchev–Trinajstić information content (AvgIpc) is 2.61. The molecule has 0 aliphatic carbocycles. The molecule has 0 radical (unpaired) electrons. The summed E-state index contributed by atoms with van der Waals surface area (Å²) in [7, 11) is 0. The summed E-state index contributed by atoms with van der Waals surface area (Å²) >= 11 is 5.88. The summed E-state index contributed by atoms with van der Waals surface area (Å²) in [5.74, 6) is 0.0927. The number of piperazine rings is 1. The molecule has 2 fully saturated rings. The van der Waals surface area contributed by atoms with Gasteiger partial charge in [-0.05, 0) is 44.0 Å². The predicted molar refractivity (Wildman–Crippen MR) is 94.1 cm³/mol. The minimum absolute atomic E-state index is 0.0159. The second-order valence-corrected chi connectivity index (χ2v) is 7.17. The molecule has 130 valence electrons. The van der Waals surface area contributed by atoms with Crippen molar-refractivity contribution in [1.29, 1.82) is 0 Å². The number of hydrogen-bond acceptors (Lipinski definition) is 3. The van der Waals surface area contributed by atoms with Crippen molar-refractivity contribution in [3.05, 3.63) is 34.9 Å². The molecule has 2 aliphatic rings. The Kier molecular flexibility index (Phi) is 5.41. The molecule has 0 spiro atoms. The number of hydrogen-bond donors (Lipinski definition) is 1. The lowest BCUT2D eigenvalue weighted by Crippen LogP contribution is -2.54. The first-order valence-electron chi connectivity index (χ1n) is 8.61. The molecule has 24 heavy (non-hydrogen) atoms. The highest BCUT2D eigenvalue weighted by molar-refractivity contribution is 6.30. The quantitative estimate of drug-likeness (QED) is 0.888. The van der Waals surface area contributed by atoms with Gasteiger partial charge in [-0.3, -0.25) is 9.59 Å². The molecule has 0 aromatic heterocycles. The first-order valence-corrected chi connectivity index (χ1v) is 8.99. The maximum Gasteiger partial charge on any atom is 0.253 e. The van der Waals surface area contributed by atoms with Gasteiger partial charge in [-0.25, -0.2) is 0 Å². The Bertz CT molecular complexity index is 605. The van der Waals surface area contributed by atoms with Crippen LogP contribution in [-0.2, 0) is 4.79 Å². The summed E-state index contributed by atoms with van der Waals surface area (Å²) in [6, 6.07) is 7.27. The van der Waals surface area contributed by atoms with Crippen LogP contribution in [-0.4, -0.2) is 60.4 Å². The molecular weight excluding hydrogens is 326 g/mol. The van der Waals surface area contributed by atoms with Gasteiger partial charge in [0, 0.05) is 49.4 Å². The van der Waals surface area contributed by atoms with Gasteiger partial charge in [-0.2, -0.15) is 0 Å². The van der Waals surface area contributed by atoms with E-state index in [1.165, 1.54) is 0 Å². The van der Waals surface area contributed by atoms with E-state index in [1.807, 2.05) is 4.90 Å². The largest absolute Gasteiger partial charge is 0.340 e. The minimum atomic E-state index is -0.0831. The third-order valence-corrected chi connectivity index (χ3v) is 5.08. The van der Waals surface area contributed by atoms with E-state index in [9.17, 15) is 9.59 Å². The normalized spacial score (nSPS) is 24.8. The van der Waals surface area contributed by atoms with Gasteiger partial charge in [0.15, 0.2) is 0 Å². The Hall–Kier alpha value is -1.59. The lowest BCUT2D eigenvalue weighted by Gasteiger charge is -2.38. The van der Waals surface area contributed by atoms with E-state index in [4.69, 9.17) is 11.6 Å². The third-order valence-electron chi connectivity index (χ3n) is 4.83. The molecule has 1 aromatic rings. The Morgan fingerprint density at radius 2 is 1.88 bits per heavy atom. The molecule has 2 amide bonds. The van der Waals surface area contributed by atoms with Crippen molar-refractivity contribution in [3.63, 3.8) is 0 Å². The summed E-state index contributed by atoms with van der Waals surface area (Å²) in [4.78, 5) is 29.2. The molecule has 1 N–H and O–H groups in total. The Morgan fingerprint density at radius 1 is 1.12 bits per heavy atom. The number of rotatable bonds is 2. The van der Waals surface area contributed by atoms with E-state index in [0.717, 1.165) is 32.5 Å². The number of nitrogens with one attached hydrogen (secondary N) is 1. The van der Waals surface area contributed by atoms with Crippen LogP contribution in [0.5, 0.6) is 0 Å². The predicted octanol–water partition coefficient (Wildman–Crippen LogP) is 2.01. The minimum Gasteiger partial charge on any atom is -0.340 e. The van der Waals surface area contributed by atoms with Crippen molar-refractivity contribution in [2.45, 2.75) is 25.8 Å². The van der Waals surface area contributed by atoms with E-state index >= 15 is 0 Å². The van der Waals surface area contributed by atoms with Gasteiger partial charge in [0.1, 0.15) is 0 Å². The van der Waals surface area contributed by atoms with Crippen LogP contribution in [0.4, 0.5) is 0 Å². The summed E-state index contributed by atoms with van der Waals surface area (Å²) in [6.45, 7) is 5.66. The van der Waals surface area contributed by atoms with Crippen molar-refractivity contribution in [2.24, 2.45) is 5.92 Å². The molecule has 2 atom stereocenters. The number of carbonyl (C=O) groups is 2. The molecule has 5 nitrogen and oxygen atoms in total. The molecular formula is C18H24ClN3O2.